The number of rotatable bonds is 5. The van der Waals surface area contributed by atoms with Crippen molar-refractivity contribution in [3.05, 3.63) is 113 Å². The van der Waals surface area contributed by atoms with Crippen molar-refractivity contribution < 1.29 is 4.79 Å². The molecule has 0 bridgehead atoms. The Hall–Kier alpha value is -3.99. The first-order chi connectivity index (χ1) is 14.6. The summed E-state index contributed by atoms with van der Waals surface area (Å²) in [6.45, 7) is 1.70. The third-order valence-electron chi connectivity index (χ3n) is 4.87. The van der Waals surface area contributed by atoms with Crippen LogP contribution in [0, 0.1) is 0 Å². The van der Waals surface area contributed by atoms with Crippen LogP contribution in [-0.4, -0.2) is 15.7 Å². The van der Waals surface area contributed by atoms with Gasteiger partial charge in [-0.15, -0.1) is 0 Å². The molecular formula is C25H21N3O2. The standard InChI is InChI=1S/C25H21N3O2/c1-19(28-24(29)18-17-23(26-28)20-11-5-2-6-12-20)25(30)27(21-13-7-3-8-14-21)22-15-9-4-10-16-22/h2-19H,1H3. The minimum atomic E-state index is -0.790. The van der Waals surface area contributed by atoms with Gasteiger partial charge in [0, 0.05) is 23.0 Å². The molecule has 5 nitrogen and oxygen atoms in total. The zero-order valence-corrected chi connectivity index (χ0v) is 16.6. The van der Waals surface area contributed by atoms with E-state index in [-0.39, 0.29) is 11.5 Å². The number of hydrogen-bond donors (Lipinski definition) is 0. The van der Waals surface area contributed by atoms with E-state index in [1.54, 1.807) is 17.9 Å². The molecule has 0 aliphatic heterocycles. The molecule has 0 spiro atoms. The lowest BCUT2D eigenvalue weighted by atomic mass is 10.1. The zero-order chi connectivity index (χ0) is 20.9. The number of nitrogens with zero attached hydrogens (tertiary/aromatic N) is 3. The molecule has 1 amide bonds. The van der Waals surface area contributed by atoms with Gasteiger partial charge in [0.05, 0.1) is 5.69 Å². The van der Waals surface area contributed by atoms with E-state index in [0.717, 1.165) is 16.9 Å². The quantitative estimate of drug-likeness (QED) is 0.486. The third kappa shape index (κ3) is 3.91. The van der Waals surface area contributed by atoms with E-state index in [1.165, 1.54) is 10.7 Å². The van der Waals surface area contributed by atoms with Gasteiger partial charge in [0.2, 0.25) is 0 Å². The first-order valence-corrected chi connectivity index (χ1v) is 9.74. The van der Waals surface area contributed by atoms with Gasteiger partial charge >= 0.3 is 0 Å². The minimum Gasteiger partial charge on any atom is -0.279 e. The average Bonchev–Trinajstić information content (AvgIpc) is 2.81. The number of carbonyl (C=O) groups is 1. The molecular weight excluding hydrogens is 374 g/mol. The predicted molar refractivity (Wildman–Crippen MR) is 119 cm³/mol. The Labute approximate surface area is 174 Å². The van der Waals surface area contributed by atoms with Gasteiger partial charge in [0.1, 0.15) is 6.04 Å². The number of aromatic nitrogens is 2. The fraction of sp³-hybridized carbons (Fsp3) is 0.0800. The highest BCUT2D eigenvalue weighted by atomic mass is 16.2. The van der Waals surface area contributed by atoms with Gasteiger partial charge in [0.25, 0.3) is 11.5 Å². The van der Waals surface area contributed by atoms with Crippen molar-refractivity contribution in [2.45, 2.75) is 13.0 Å². The summed E-state index contributed by atoms with van der Waals surface area (Å²) < 4.78 is 1.25. The van der Waals surface area contributed by atoms with Gasteiger partial charge in [-0.25, -0.2) is 4.68 Å². The van der Waals surface area contributed by atoms with Gasteiger partial charge in [-0.2, -0.15) is 5.10 Å². The molecule has 0 aliphatic carbocycles. The summed E-state index contributed by atoms with van der Waals surface area (Å²) in [4.78, 5) is 27.8. The molecule has 0 aliphatic rings. The van der Waals surface area contributed by atoms with Gasteiger partial charge in [-0.1, -0.05) is 66.7 Å². The molecule has 1 unspecified atom stereocenters. The fourth-order valence-corrected chi connectivity index (χ4v) is 3.31. The van der Waals surface area contributed by atoms with Crippen molar-refractivity contribution in [3.8, 4) is 11.3 Å². The number of para-hydroxylation sites is 2. The number of benzene rings is 3. The van der Waals surface area contributed by atoms with Gasteiger partial charge in [0.15, 0.2) is 0 Å². The maximum Gasteiger partial charge on any atom is 0.267 e. The molecule has 1 heterocycles. The SMILES string of the molecule is CC(C(=O)N(c1ccccc1)c1ccccc1)n1nc(-c2ccccc2)ccc1=O. The second-order valence-electron chi connectivity index (χ2n) is 6.89. The van der Waals surface area contributed by atoms with Crippen molar-refractivity contribution in [3.63, 3.8) is 0 Å². The van der Waals surface area contributed by atoms with Crippen LogP contribution in [0.3, 0.4) is 0 Å². The number of carbonyl (C=O) groups excluding carboxylic acids is 1. The molecule has 4 aromatic rings. The minimum absolute atomic E-state index is 0.243. The fourth-order valence-electron chi connectivity index (χ4n) is 3.31. The van der Waals surface area contributed by atoms with Gasteiger partial charge in [-0.05, 0) is 37.3 Å². The highest BCUT2D eigenvalue weighted by Crippen LogP contribution is 2.28. The summed E-state index contributed by atoms with van der Waals surface area (Å²) >= 11 is 0. The molecule has 0 saturated carbocycles. The van der Waals surface area contributed by atoms with Crippen LogP contribution in [0.1, 0.15) is 13.0 Å². The van der Waals surface area contributed by atoms with Crippen LogP contribution in [0.2, 0.25) is 0 Å². The van der Waals surface area contributed by atoms with E-state index >= 15 is 0 Å². The number of hydrogen-bond acceptors (Lipinski definition) is 3. The molecule has 5 heteroatoms. The molecule has 0 radical (unpaired) electrons. The second kappa shape index (κ2) is 8.57. The van der Waals surface area contributed by atoms with Crippen molar-refractivity contribution in [1.29, 1.82) is 0 Å². The summed E-state index contributed by atoms with van der Waals surface area (Å²) in [5, 5.41) is 4.49. The Bertz CT molecular complexity index is 1150. The van der Waals surface area contributed by atoms with Gasteiger partial charge < -0.3 is 0 Å². The zero-order valence-electron chi connectivity index (χ0n) is 16.6. The van der Waals surface area contributed by atoms with E-state index < -0.39 is 6.04 Å². The molecule has 0 fully saturated rings. The lowest BCUT2D eigenvalue weighted by Crippen LogP contribution is -2.38. The highest BCUT2D eigenvalue weighted by Gasteiger charge is 2.26. The normalized spacial score (nSPS) is 11.6. The van der Waals surface area contributed by atoms with Crippen molar-refractivity contribution in [1.82, 2.24) is 9.78 Å². The van der Waals surface area contributed by atoms with Gasteiger partial charge in [-0.3, -0.25) is 14.5 Å². The van der Waals surface area contributed by atoms with Crippen LogP contribution in [0.25, 0.3) is 11.3 Å². The van der Waals surface area contributed by atoms with E-state index in [9.17, 15) is 9.59 Å². The first-order valence-electron chi connectivity index (χ1n) is 9.74. The van der Waals surface area contributed by atoms with Crippen LogP contribution in [0.15, 0.2) is 108 Å². The molecule has 4 rings (SSSR count). The smallest absolute Gasteiger partial charge is 0.267 e. The lowest BCUT2D eigenvalue weighted by Gasteiger charge is -2.26. The largest absolute Gasteiger partial charge is 0.279 e. The van der Waals surface area contributed by atoms with E-state index in [0.29, 0.717) is 5.69 Å². The molecule has 148 valence electrons. The molecule has 30 heavy (non-hydrogen) atoms. The Kier molecular flexibility index (Phi) is 5.52. The molecule has 0 saturated heterocycles. The Balaban J connectivity index is 1.75. The summed E-state index contributed by atoms with van der Waals surface area (Å²) in [5.74, 6) is -0.243. The third-order valence-corrected chi connectivity index (χ3v) is 4.87. The van der Waals surface area contributed by atoms with Crippen LogP contribution in [0.5, 0.6) is 0 Å². The lowest BCUT2D eigenvalue weighted by molar-refractivity contribution is -0.120. The molecule has 1 aromatic heterocycles. The maximum absolute atomic E-state index is 13.6. The van der Waals surface area contributed by atoms with Crippen molar-refractivity contribution in [2.75, 3.05) is 4.90 Å². The summed E-state index contributed by atoms with van der Waals surface area (Å²) in [7, 11) is 0. The van der Waals surface area contributed by atoms with Crippen LogP contribution < -0.4 is 10.5 Å². The van der Waals surface area contributed by atoms with Crippen LogP contribution in [-0.2, 0) is 4.79 Å². The number of anilines is 2. The van der Waals surface area contributed by atoms with E-state index in [1.807, 2.05) is 91.0 Å². The second-order valence-corrected chi connectivity index (χ2v) is 6.89. The monoisotopic (exact) mass is 395 g/mol. The molecule has 1 atom stereocenters. The Morgan fingerprint density at radius 1 is 0.767 bits per heavy atom. The van der Waals surface area contributed by atoms with E-state index in [2.05, 4.69) is 5.10 Å². The van der Waals surface area contributed by atoms with Crippen molar-refractivity contribution in [2.24, 2.45) is 0 Å². The number of amides is 1. The average molecular weight is 395 g/mol. The van der Waals surface area contributed by atoms with Crippen LogP contribution in [0.4, 0.5) is 11.4 Å². The Morgan fingerprint density at radius 2 is 1.27 bits per heavy atom. The predicted octanol–water partition coefficient (Wildman–Crippen LogP) is 4.84. The van der Waals surface area contributed by atoms with E-state index in [4.69, 9.17) is 0 Å². The van der Waals surface area contributed by atoms with Crippen molar-refractivity contribution >= 4 is 17.3 Å². The first kappa shape index (κ1) is 19.3. The summed E-state index contributed by atoms with van der Waals surface area (Å²) in [6.07, 6.45) is 0. The molecule has 0 N–H and O–H groups in total. The molecule has 3 aromatic carbocycles. The summed E-state index contributed by atoms with van der Waals surface area (Å²) in [6, 6.07) is 30.7. The highest BCUT2D eigenvalue weighted by molar-refractivity contribution is 6.02. The summed E-state index contributed by atoms with van der Waals surface area (Å²) in [5.41, 5.74) is 2.66. The van der Waals surface area contributed by atoms with Crippen LogP contribution >= 0.6 is 0 Å². The topological polar surface area (TPSA) is 55.2 Å². The maximum atomic E-state index is 13.6. The Morgan fingerprint density at radius 3 is 1.80 bits per heavy atom.